The molecule has 0 atom stereocenters. The van der Waals surface area contributed by atoms with E-state index in [1.807, 2.05) is 24.3 Å². The summed E-state index contributed by atoms with van der Waals surface area (Å²) in [6.07, 6.45) is 7.65. The smallest absolute Gasteiger partial charge is 0.308 e. The number of halogens is 1. The molecule has 1 aliphatic heterocycles. The van der Waals surface area contributed by atoms with Crippen LogP contribution in [-0.2, 0) is 16.0 Å². The molecule has 1 aromatic carbocycles. The predicted molar refractivity (Wildman–Crippen MR) is 122 cm³/mol. The number of benzene rings is 1. The van der Waals surface area contributed by atoms with Crippen molar-refractivity contribution in [1.82, 2.24) is 10.2 Å². The van der Waals surface area contributed by atoms with Crippen molar-refractivity contribution in [2.45, 2.75) is 26.2 Å². The third kappa shape index (κ3) is 7.58. The van der Waals surface area contributed by atoms with Gasteiger partial charge in [-0.25, -0.2) is 0 Å². The van der Waals surface area contributed by atoms with Crippen LogP contribution in [-0.4, -0.2) is 56.7 Å². The van der Waals surface area contributed by atoms with Gasteiger partial charge in [-0.2, -0.15) is 0 Å². The van der Waals surface area contributed by atoms with Crippen molar-refractivity contribution in [2.75, 3.05) is 39.9 Å². The van der Waals surface area contributed by atoms with Gasteiger partial charge in [-0.15, -0.1) is 30.4 Å². The molecule has 0 amide bonds. The van der Waals surface area contributed by atoms with E-state index in [2.05, 4.69) is 23.1 Å². The lowest BCUT2D eigenvalue weighted by Crippen LogP contribution is -2.46. The summed E-state index contributed by atoms with van der Waals surface area (Å²) in [4.78, 5) is 18.6. The van der Waals surface area contributed by atoms with Gasteiger partial charge in [0.25, 0.3) is 0 Å². The van der Waals surface area contributed by atoms with E-state index in [0.29, 0.717) is 6.54 Å². The van der Waals surface area contributed by atoms with Crippen molar-refractivity contribution >= 4 is 35.9 Å². The van der Waals surface area contributed by atoms with Crippen LogP contribution in [0, 0.1) is 18.3 Å². The minimum Gasteiger partial charge on any atom is -0.481 e. The minimum absolute atomic E-state index is 0. The first-order valence-corrected chi connectivity index (χ1v) is 9.44. The Kier molecular flexibility index (Phi) is 11.4. The summed E-state index contributed by atoms with van der Waals surface area (Å²) in [6, 6.07) is 7.94. The topological polar surface area (TPSA) is 63.2 Å². The molecular formula is C21H30IN3O3. The molecule has 0 unspecified atom stereocenters. The Morgan fingerprint density at radius 1 is 1.32 bits per heavy atom. The van der Waals surface area contributed by atoms with Crippen LogP contribution in [0.1, 0.15) is 25.3 Å². The first kappa shape index (κ1) is 24.1. The van der Waals surface area contributed by atoms with Gasteiger partial charge in [-0.3, -0.25) is 9.79 Å². The van der Waals surface area contributed by atoms with Crippen molar-refractivity contribution in [2.24, 2.45) is 10.9 Å². The molecule has 1 saturated heterocycles. The Labute approximate surface area is 185 Å². The van der Waals surface area contributed by atoms with Crippen LogP contribution >= 0.6 is 24.0 Å². The lowest BCUT2D eigenvalue weighted by Gasteiger charge is -2.33. The lowest BCUT2D eigenvalue weighted by molar-refractivity contribution is -0.146. The van der Waals surface area contributed by atoms with E-state index < -0.39 is 0 Å². The molecule has 1 N–H and O–H groups in total. The molecule has 1 fully saturated rings. The zero-order valence-corrected chi connectivity index (χ0v) is 19.0. The Balaban J connectivity index is 0.00000392. The summed E-state index contributed by atoms with van der Waals surface area (Å²) < 4.78 is 10.2. The standard InChI is InChI=1S/C21H29N3O3.HI/c1-4-16-27-19-8-6-17(7-9-19)10-13-23-21(22-5-2)24-14-11-18(12-15-24)20(25)26-3;/h1,6-9,18H,5,10-16H2,2-3H3,(H,22,23);1H. The number of methoxy groups -OCH3 is 1. The van der Waals surface area contributed by atoms with Crippen molar-refractivity contribution in [3.05, 3.63) is 29.8 Å². The van der Waals surface area contributed by atoms with Crippen LogP contribution in [0.25, 0.3) is 0 Å². The van der Waals surface area contributed by atoms with Gasteiger partial charge in [-0.05, 0) is 43.9 Å². The highest BCUT2D eigenvalue weighted by Gasteiger charge is 2.26. The number of likely N-dealkylation sites (tertiary alicyclic amines) is 1. The monoisotopic (exact) mass is 499 g/mol. The summed E-state index contributed by atoms with van der Waals surface area (Å²) >= 11 is 0. The van der Waals surface area contributed by atoms with Gasteiger partial charge in [0, 0.05) is 26.2 Å². The van der Waals surface area contributed by atoms with Gasteiger partial charge >= 0.3 is 5.97 Å². The summed E-state index contributed by atoms with van der Waals surface area (Å²) in [5.41, 5.74) is 1.20. The first-order valence-electron chi connectivity index (χ1n) is 9.44. The largest absolute Gasteiger partial charge is 0.481 e. The maximum Gasteiger partial charge on any atom is 0.308 e. The summed E-state index contributed by atoms with van der Waals surface area (Å²) in [5.74, 6) is 4.05. The number of hydrogen-bond acceptors (Lipinski definition) is 4. The number of piperidine rings is 1. The molecule has 2 rings (SSSR count). The van der Waals surface area contributed by atoms with E-state index in [-0.39, 0.29) is 42.5 Å². The number of esters is 1. The molecule has 1 aromatic rings. The number of carbonyl (C=O) groups excluding carboxylic acids is 1. The molecular weight excluding hydrogens is 469 g/mol. The van der Waals surface area contributed by atoms with Crippen LogP contribution in [0.15, 0.2) is 29.3 Å². The van der Waals surface area contributed by atoms with Gasteiger partial charge < -0.3 is 19.7 Å². The highest BCUT2D eigenvalue weighted by molar-refractivity contribution is 14.0. The average molecular weight is 499 g/mol. The molecule has 28 heavy (non-hydrogen) atoms. The molecule has 0 spiro atoms. The molecule has 0 bridgehead atoms. The van der Waals surface area contributed by atoms with Crippen LogP contribution in [0.3, 0.4) is 0 Å². The molecule has 1 heterocycles. The third-order valence-electron chi connectivity index (χ3n) is 4.57. The maximum absolute atomic E-state index is 11.7. The predicted octanol–water partition coefficient (Wildman–Crippen LogP) is 2.71. The van der Waals surface area contributed by atoms with E-state index >= 15 is 0 Å². The van der Waals surface area contributed by atoms with Crippen molar-refractivity contribution in [3.63, 3.8) is 0 Å². The normalized spacial score (nSPS) is 14.6. The van der Waals surface area contributed by atoms with Crippen LogP contribution < -0.4 is 10.1 Å². The summed E-state index contributed by atoms with van der Waals surface area (Å²) in [6.45, 7) is 5.48. The highest BCUT2D eigenvalue weighted by Crippen LogP contribution is 2.18. The molecule has 0 aromatic heterocycles. The number of nitrogens with one attached hydrogen (secondary N) is 1. The number of aliphatic imine (C=N–C) groups is 1. The minimum atomic E-state index is -0.105. The van der Waals surface area contributed by atoms with Gasteiger partial charge in [0.15, 0.2) is 5.96 Å². The van der Waals surface area contributed by atoms with Gasteiger partial charge in [0.2, 0.25) is 0 Å². The van der Waals surface area contributed by atoms with E-state index in [4.69, 9.17) is 20.9 Å². The molecule has 6 nitrogen and oxygen atoms in total. The number of carbonyl (C=O) groups is 1. The summed E-state index contributed by atoms with van der Waals surface area (Å²) in [7, 11) is 1.45. The first-order chi connectivity index (χ1) is 13.2. The van der Waals surface area contributed by atoms with Crippen molar-refractivity contribution < 1.29 is 14.3 Å². The van der Waals surface area contributed by atoms with Gasteiger partial charge in [-0.1, -0.05) is 18.1 Å². The van der Waals surface area contributed by atoms with E-state index in [1.54, 1.807) is 0 Å². The van der Waals surface area contributed by atoms with E-state index in [1.165, 1.54) is 12.7 Å². The molecule has 0 aliphatic carbocycles. The van der Waals surface area contributed by atoms with Crippen molar-refractivity contribution in [1.29, 1.82) is 0 Å². The highest BCUT2D eigenvalue weighted by atomic mass is 127. The molecule has 7 heteroatoms. The number of ether oxygens (including phenoxy) is 2. The number of guanidine groups is 1. The fraction of sp³-hybridized carbons (Fsp3) is 0.524. The second kappa shape index (κ2) is 13.3. The fourth-order valence-corrected chi connectivity index (χ4v) is 3.09. The van der Waals surface area contributed by atoms with Crippen LogP contribution in [0.2, 0.25) is 0 Å². The Morgan fingerprint density at radius 3 is 2.57 bits per heavy atom. The fourth-order valence-electron chi connectivity index (χ4n) is 3.09. The van der Waals surface area contributed by atoms with Gasteiger partial charge in [0.05, 0.1) is 13.0 Å². The quantitative estimate of drug-likeness (QED) is 0.206. The summed E-state index contributed by atoms with van der Waals surface area (Å²) in [5, 5.41) is 3.35. The van der Waals surface area contributed by atoms with E-state index in [9.17, 15) is 4.79 Å². The van der Waals surface area contributed by atoms with Crippen molar-refractivity contribution in [3.8, 4) is 18.1 Å². The zero-order valence-electron chi connectivity index (χ0n) is 16.6. The molecule has 154 valence electrons. The second-order valence-corrected chi connectivity index (χ2v) is 6.41. The second-order valence-electron chi connectivity index (χ2n) is 6.41. The third-order valence-corrected chi connectivity index (χ3v) is 4.57. The Morgan fingerprint density at radius 2 is 2.00 bits per heavy atom. The molecule has 0 saturated carbocycles. The lowest BCUT2D eigenvalue weighted by atomic mass is 9.97. The number of rotatable bonds is 7. The average Bonchev–Trinajstić information content (AvgIpc) is 2.72. The molecule has 1 aliphatic rings. The SMILES string of the molecule is C#CCOc1ccc(CCN=C(NCC)N2CCC(C(=O)OC)CC2)cc1.I. The number of hydrogen-bond donors (Lipinski definition) is 1. The maximum atomic E-state index is 11.7. The number of nitrogens with zero attached hydrogens (tertiary/aromatic N) is 2. The van der Waals surface area contributed by atoms with Crippen LogP contribution in [0.5, 0.6) is 5.75 Å². The Bertz CT molecular complexity index is 662. The zero-order chi connectivity index (χ0) is 19.5. The number of terminal acetylenes is 1. The van der Waals surface area contributed by atoms with E-state index in [0.717, 1.165) is 50.6 Å². The molecule has 0 radical (unpaired) electrons. The van der Waals surface area contributed by atoms with Crippen LogP contribution in [0.4, 0.5) is 0 Å². The van der Waals surface area contributed by atoms with Gasteiger partial charge in [0.1, 0.15) is 12.4 Å². The Hall–Kier alpha value is -1.95.